The van der Waals surface area contributed by atoms with Crippen LogP contribution in [0.1, 0.15) is 56.4 Å². The molecule has 5 nitrogen and oxygen atoms in total. The van der Waals surface area contributed by atoms with Crippen LogP contribution in [0.5, 0.6) is 5.75 Å². The highest BCUT2D eigenvalue weighted by atomic mass is 19.3. The number of halogens is 2. The molecule has 7 heteroatoms. The van der Waals surface area contributed by atoms with E-state index in [2.05, 4.69) is 37.3 Å². The van der Waals surface area contributed by atoms with Crippen molar-refractivity contribution in [1.82, 2.24) is 9.78 Å². The largest absolute Gasteiger partial charge is 0.417 e. The number of amides is 1. The lowest BCUT2D eigenvalue weighted by Gasteiger charge is -2.19. The number of nitrogens with zero attached hydrogens (tertiary/aromatic N) is 2. The van der Waals surface area contributed by atoms with Gasteiger partial charge in [0.05, 0.1) is 6.20 Å². The number of fused-ring (bicyclic) bond motifs is 1. The van der Waals surface area contributed by atoms with E-state index in [0.29, 0.717) is 5.69 Å². The molecule has 0 spiro atoms. The van der Waals surface area contributed by atoms with Crippen molar-refractivity contribution in [1.29, 1.82) is 0 Å². The van der Waals surface area contributed by atoms with Crippen LogP contribution in [0.15, 0.2) is 24.4 Å². The molecule has 1 heterocycles. The van der Waals surface area contributed by atoms with Crippen molar-refractivity contribution in [2.75, 3.05) is 5.32 Å². The summed E-state index contributed by atoms with van der Waals surface area (Å²) in [6.45, 7) is 6.45. The van der Waals surface area contributed by atoms with E-state index in [9.17, 15) is 13.6 Å². The minimum Gasteiger partial charge on any atom is -0.406 e. The molecule has 1 atom stereocenters. The van der Waals surface area contributed by atoms with Gasteiger partial charge in [0.15, 0.2) is 11.4 Å². The summed E-state index contributed by atoms with van der Waals surface area (Å²) in [5, 5.41) is 6.31. The Morgan fingerprint density at radius 2 is 2.16 bits per heavy atom. The second kappa shape index (κ2) is 6.13. The summed E-state index contributed by atoms with van der Waals surface area (Å²) >= 11 is 0. The maximum absolute atomic E-state index is 12.9. The van der Waals surface area contributed by atoms with Crippen molar-refractivity contribution in [3.05, 3.63) is 41.2 Å². The lowest BCUT2D eigenvalue weighted by molar-refractivity contribution is 0.141. The molecule has 1 unspecified atom stereocenters. The number of rotatable bonds is 3. The maximum Gasteiger partial charge on any atom is 0.417 e. The Kier molecular flexibility index (Phi) is 4.26. The summed E-state index contributed by atoms with van der Waals surface area (Å²) in [5.74, 6) is 0.0486. The predicted octanol–water partition coefficient (Wildman–Crippen LogP) is 4.75. The van der Waals surface area contributed by atoms with Crippen molar-refractivity contribution >= 4 is 11.8 Å². The minimum absolute atomic E-state index is 0.0303. The van der Waals surface area contributed by atoms with E-state index in [-0.39, 0.29) is 17.1 Å². The number of aryl methyl sites for hydroxylation is 1. The molecule has 1 aliphatic carbocycles. The summed E-state index contributed by atoms with van der Waals surface area (Å²) in [6.07, 6.45) is -1.39. The van der Waals surface area contributed by atoms with Crippen LogP contribution < -0.4 is 10.1 Å². The van der Waals surface area contributed by atoms with Crippen molar-refractivity contribution < 1.29 is 18.3 Å². The SMILES string of the molecule is CC1CC(C)(C)c2cccc(NC(=O)Oc3cn(C)nc3C(F)F)c21. The molecular weight excluding hydrogens is 328 g/mol. The van der Waals surface area contributed by atoms with Crippen molar-refractivity contribution in [2.45, 2.75) is 45.0 Å². The van der Waals surface area contributed by atoms with Crippen LogP contribution in [0.25, 0.3) is 0 Å². The fourth-order valence-electron chi connectivity index (χ4n) is 3.72. The lowest BCUT2D eigenvalue weighted by atomic mass is 9.86. The Bertz CT molecular complexity index is 815. The van der Waals surface area contributed by atoms with E-state index in [1.165, 1.54) is 23.5 Å². The molecule has 3 rings (SSSR count). The van der Waals surface area contributed by atoms with E-state index < -0.39 is 18.2 Å². The van der Waals surface area contributed by atoms with Crippen LogP contribution in [0, 0.1) is 0 Å². The number of hydrogen-bond acceptors (Lipinski definition) is 3. The monoisotopic (exact) mass is 349 g/mol. The molecule has 0 aliphatic heterocycles. The molecule has 0 bridgehead atoms. The summed E-state index contributed by atoms with van der Waals surface area (Å²) in [7, 11) is 1.49. The second-order valence-electron chi connectivity index (χ2n) is 7.12. The topological polar surface area (TPSA) is 56.1 Å². The fraction of sp³-hybridized carbons (Fsp3) is 0.444. The Morgan fingerprint density at radius 1 is 1.44 bits per heavy atom. The third-order valence-electron chi connectivity index (χ3n) is 4.61. The van der Waals surface area contributed by atoms with Crippen molar-refractivity contribution in [2.24, 2.45) is 7.05 Å². The van der Waals surface area contributed by atoms with Gasteiger partial charge in [-0.15, -0.1) is 0 Å². The van der Waals surface area contributed by atoms with Gasteiger partial charge in [-0.05, 0) is 34.9 Å². The van der Waals surface area contributed by atoms with Gasteiger partial charge >= 0.3 is 6.09 Å². The first-order valence-electron chi connectivity index (χ1n) is 8.13. The van der Waals surface area contributed by atoms with Gasteiger partial charge in [0.1, 0.15) is 0 Å². The maximum atomic E-state index is 12.9. The van der Waals surface area contributed by atoms with Crippen molar-refractivity contribution in [3.63, 3.8) is 0 Å². The predicted molar refractivity (Wildman–Crippen MR) is 90.3 cm³/mol. The second-order valence-corrected chi connectivity index (χ2v) is 7.12. The molecule has 0 saturated carbocycles. The van der Waals surface area contributed by atoms with E-state index in [0.717, 1.165) is 12.0 Å². The average molecular weight is 349 g/mol. The van der Waals surface area contributed by atoms with E-state index >= 15 is 0 Å². The lowest BCUT2D eigenvalue weighted by Crippen LogP contribution is -2.19. The third kappa shape index (κ3) is 3.23. The normalized spacial score (nSPS) is 18.3. The number of ether oxygens (including phenoxy) is 1. The zero-order chi connectivity index (χ0) is 18.4. The summed E-state index contributed by atoms with van der Waals surface area (Å²) in [5.41, 5.74) is 2.40. The van der Waals surface area contributed by atoms with Gasteiger partial charge < -0.3 is 4.74 Å². The fourth-order valence-corrected chi connectivity index (χ4v) is 3.72. The Balaban J connectivity index is 1.83. The van der Waals surface area contributed by atoms with Crippen molar-refractivity contribution in [3.8, 4) is 5.75 Å². The first-order valence-corrected chi connectivity index (χ1v) is 8.13. The summed E-state index contributed by atoms with van der Waals surface area (Å²) in [4.78, 5) is 12.2. The molecule has 0 radical (unpaired) electrons. The molecule has 1 amide bonds. The number of carbonyl (C=O) groups is 1. The number of alkyl halides is 2. The number of nitrogens with one attached hydrogen (secondary N) is 1. The van der Waals surface area contributed by atoms with Crippen LogP contribution in [0.2, 0.25) is 0 Å². The Labute approximate surface area is 145 Å². The number of anilines is 1. The van der Waals surface area contributed by atoms with Gasteiger partial charge in [-0.25, -0.2) is 13.6 Å². The quantitative estimate of drug-likeness (QED) is 0.870. The zero-order valence-electron chi connectivity index (χ0n) is 14.6. The standard InChI is InChI=1S/C18H21F2N3O2/c1-10-8-18(2,3)11-6-5-7-12(14(10)11)21-17(24)25-13-9-23(4)22-15(13)16(19)20/h5-7,9-10,16H,8H2,1-4H3,(H,21,24). The highest BCUT2D eigenvalue weighted by molar-refractivity contribution is 5.88. The molecule has 1 aromatic heterocycles. The zero-order valence-corrected chi connectivity index (χ0v) is 14.6. The van der Waals surface area contributed by atoms with E-state index in [1.54, 1.807) is 6.07 Å². The average Bonchev–Trinajstić information content (AvgIpc) is 2.97. The summed E-state index contributed by atoms with van der Waals surface area (Å²) < 4.78 is 32.1. The molecule has 0 fully saturated rings. The number of hydrogen-bond donors (Lipinski definition) is 1. The molecule has 1 aliphatic rings. The van der Waals surface area contributed by atoms with Crippen LogP contribution in [-0.2, 0) is 12.5 Å². The molecule has 1 N–H and O–H groups in total. The highest BCUT2D eigenvalue weighted by Crippen LogP contribution is 2.48. The molecular formula is C18H21F2N3O2. The van der Waals surface area contributed by atoms with E-state index in [4.69, 9.17) is 4.74 Å². The first kappa shape index (κ1) is 17.4. The highest BCUT2D eigenvalue weighted by Gasteiger charge is 2.36. The van der Waals surface area contributed by atoms with Gasteiger partial charge in [-0.1, -0.05) is 32.9 Å². The molecule has 1 aromatic carbocycles. The molecule has 2 aromatic rings. The van der Waals surface area contributed by atoms with E-state index in [1.807, 2.05) is 6.07 Å². The molecule has 0 saturated heterocycles. The van der Waals surface area contributed by atoms with Crippen LogP contribution >= 0.6 is 0 Å². The smallest absolute Gasteiger partial charge is 0.406 e. The van der Waals surface area contributed by atoms with Crippen LogP contribution in [-0.4, -0.2) is 15.9 Å². The van der Waals surface area contributed by atoms with Gasteiger partial charge in [-0.2, -0.15) is 5.10 Å². The van der Waals surface area contributed by atoms with Crippen LogP contribution in [0.3, 0.4) is 0 Å². The van der Waals surface area contributed by atoms with Crippen LogP contribution in [0.4, 0.5) is 19.3 Å². The first-order chi connectivity index (χ1) is 11.7. The summed E-state index contributed by atoms with van der Waals surface area (Å²) in [6, 6.07) is 5.74. The Hall–Kier alpha value is -2.44. The number of carbonyl (C=O) groups excluding carboxylic acids is 1. The molecule has 25 heavy (non-hydrogen) atoms. The minimum atomic E-state index is -2.81. The number of aromatic nitrogens is 2. The van der Waals surface area contributed by atoms with Gasteiger partial charge in [0.2, 0.25) is 0 Å². The van der Waals surface area contributed by atoms with Gasteiger partial charge in [-0.3, -0.25) is 10.00 Å². The Morgan fingerprint density at radius 3 is 2.84 bits per heavy atom. The third-order valence-corrected chi connectivity index (χ3v) is 4.61. The van der Waals surface area contributed by atoms with Gasteiger partial charge in [0, 0.05) is 12.7 Å². The van der Waals surface area contributed by atoms with Gasteiger partial charge in [0.25, 0.3) is 6.43 Å². The number of benzene rings is 1. The molecule has 134 valence electrons.